The molecule has 77 heavy (non-hydrogen) atoms. The van der Waals surface area contributed by atoms with E-state index in [0.717, 1.165) is 86.3 Å². The van der Waals surface area contributed by atoms with E-state index in [9.17, 15) is 4.79 Å². The predicted molar refractivity (Wildman–Crippen MR) is 311 cm³/mol. The number of nitrogens with one attached hydrogen (secondary N) is 1. The number of halogens is 2. The molecular formula is C70H68F2N2O3. The molecule has 1 amide bonds. The molecule has 1 N–H and O–H groups in total. The van der Waals surface area contributed by atoms with E-state index in [1.165, 1.54) is 87.9 Å². The summed E-state index contributed by atoms with van der Waals surface area (Å²) in [5.74, 6) is 1.14. The maximum absolute atomic E-state index is 16.9. The van der Waals surface area contributed by atoms with Crippen LogP contribution in [0, 0.1) is 17.6 Å². The second-order valence-corrected chi connectivity index (χ2v) is 22.6. The maximum Gasteiger partial charge on any atom is 0.255 e. The molecule has 8 aromatic carbocycles. The quantitative estimate of drug-likeness (QED) is 0.117. The number of nitrogens with zero attached hydrogens (tertiary/aromatic N) is 1. The topological polar surface area (TPSA) is 50.8 Å². The molecule has 2 fully saturated rings. The number of methoxy groups -OCH3 is 1. The number of ether oxygens (including phenoxy) is 2. The van der Waals surface area contributed by atoms with Crippen LogP contribution in [0.15, 0.2) is 158 Å². The molecule has 2 heterocycles. The molecule has 7 heteroatoms. The van der Waals surface area contributed by atoms with Gasteiger partial charge in [0.1, 0.15) is 23.1 Å². The summed E-state index contributed by atoms with van der Waals surface area (Å²) >= 11 is 0. The van der Waals surface area contributed by atoms with Gasteiger partial charge in [0, 0.05) is 58.2 Å². The molecule has 2 aliphatic carbocycles. The number of unbranched alkanes of at least 4 members (excludes halogenated alkanes) is 2. The highest BCUT2D eigenvalue weighted by atomic mass is 19.1. The van der Waals surface area contributed by atoms with Crippen LogP contribution in [0.2, 0.25) is 0 Å². The van der Waals surface area contributed by atoms with Crippen molar-refractivity contribution in [3.8, 4) is 44.9 Å². The lowest BCUT2D eigenvalue weighted by molar-refractivity contribution is 0.102. The van der Waals surface area contributed by atoms with Crippen LogP contribution in [0.5, 0.6) is 11.5 Å². The second kappa shape index (κ2) is 20.8. The second-order valence-electron chi connectivity index (χ2n) is 22.6. The first-order chi connectivity index (χ1) is 37.5. The van der Waals surface area contributed by atoms with Crippen LogP contribution in [0.1, 0.15) is 141 Å². The van der Waals surface area contributed by atoms with Crippen LogP contribution in [-0.4, -0.2) is 26.1 Å². The Morgan fingerprint density at radius 1 is 0.714 bits per heavy atom. The standard InChI is InChI=1S/C70H68F2N2O3/c1-5-6-8-11-45-12-14-46(15-13-45)47-16-18-48(19-17-47)49-20-22-51(23-21-49)68(75)73-56-31-24-50(25-32-56)52-26-37-62-60(42-52)64-61-43-55(71)44-63(72)65(61)67-59(66(64)69(62,2)3)38-39-70(77-67,54-29-35-58(76-4)36-30-54)53-27-33-57(34-28-53)74-40-9-7-10-41-74/h16-39,42-46H,5-15,40-41H2,1-4H3,(H,73,75). The Hall–Kier alpha value is -7.51. The van der Waals surface area contributed by atoms with Crippen LogP contribution < -0.4 is 19.7 Å². The molecule has 8 aromatic rings. The number of anilines is 2. The number of benzene rings is 8. The largest absolute Gasteiger partial charge is 0.497 e. The van der Waals surface area contributed by atoms with Gasteiger partial charge in [-0.25, -0.2) is 8.78 Å². The number of amides is 1. The van der Waals surface area contributed by atoms with Crippen LogP contribution in [0.25, 0.3) is 50.2 Å². The Labute approximate surface area is 453 Å². The lowest BCUT2D eigenvalue weighted by Crippen LogP contribution is -2.35. The summed E-state index contributed by atoms with van der Waals surface area (Å²) in [7, 11) is 1.64. The molecule has 0 radical (unpaired) electrons. The minimum atomic E-state index is -1.14. The molecule has 0 aromatic heterocycles. The van der Waals surface area contributed by atoms with Crippen molar-refractivity contribution in [1.82, 2.24) is 0 Å². The lowest BCUT2D eigenvalue weighted by Gasteiger charge is -2.39. The van der Waals surface area contributed by atoms with Crippen LogP contribution in [0.3, 0.4) is 0 Å². The molecule has 390 valence electrons. The summed E-state index contributed by atoms with van der Waals surface area (Å²) in [5.41, 5.74) is 12.6. The van der Waals surface area contributed by atoms with Crippen molar-refractivity contribution in [1.29, 1.82) is 0 Å². The summed E-state index contributed by atoms with van der Waals surface area (Å²) in [6.07, 6.45) is 18.5. The van der Waals surface area contributed by atoms with Gasteiger partial charge in [-0.05, 0) is 179 Å². The van der Waals surface area contributed by atoms with E-state index in [4.69, 9.17) is 9.47 Å². The molecule has 4 aliphatic rings. The van der Waals surface area contributed by atoms with Gasteiger partial charge in [-0.2, -0.15) is 0 Å². The SMILES string of the molecule is CCCCCC1CCC(c2ccc(-c3ccc(C(=O)Nc4ccc(-c5ccc6c(c5)-c5c(c7c(c8c(F)cc(F)cc58)OC(c5ccc(OC)cc5)(c5ccc(N8CCCCC8)cc5)C=C7)C6(C)C)cc4)cc3)cc2)CC1. The first kappa shape index (κ1) is 50.3. The Bertz CT molecular complexity index is 3500. The van der Waals surface area contributed by atoms with Crippen LogP contribution in [0.4, 0.5) is 20.2 Å². The van der Waals surface area contributed by atoms with E-state index in [2.05, 4.69) is 110 Å². The number of hydrogen-bond acceptors (Lipinski definition) is 4. The molecule has 1 atom stereocenters. The van der Waals surface area contributed by atoms with Crippen molar-refractivity contribution in [3.63, 3.8) is 0 Å². The van der Waals surface area contributed by atoms with E-state index < -0.39 is 22.7 Å². The molecule has 1 unspecified atom stereocenters. The van der Waals surface area contributed by atoms with Crippen molar-refractivity contribution in [2.45, 2.75) is 108 Å². The summed E-state index contributed by atoms with van der Waals surface area (Å²) in [4.78, 5) is 16.0. The Morgan fingerprint density at radius 2 is 1.35 bits per heavy atom. The van der Waals surface area contributed by atoms with Crippen molar-refractivity contribution < 1.29 is 23.0 Å². The van der Waals surface area contributed by atoms with Gasteiger partial charge < -0.3 is 19.7 Å². The zero-order chi connectivity index (χ0) is 52.8. The Balaban J connectivity index is 0.807. The normalized spacial score (nSPS) is 19.3. The number of carbonyl (C=O) groups is 1. The van der Waals surface area contributed by atoms with Crippen molar-refractivity contribution in [2.75, 3.05) is 30.4 Å². The van der Waals surface area contributed by atoms with Crippen molar-refractivity contribution >= 4 is 34.1 Å². The number of hydrogen-bond donors (Lipinski definition) is 1. The van der Waals surface area contributed by atoms with Gasteiger partial charge in [-0.1, -0.05) is 137 Å². The minimum Gasteiger partial charge on any atom is -0.497 e. The van der Waals surface area contributed by atoms with Gasteiger partial charge in [0.2, 0.25) is 0 Å². The van der Waals surface area contributed by atoms with Gasteiger partial charge in [-0.15, -0.1) is 0 Å². The number of piperidine rings is 1. The molecule has 0 bridgehead atoms. The van der Waals surface area contributed by atoms with Gasteiger partial charge in [0.05, 0.1) is 12.5 Å². The average molecular weight is 1020 g/mol. The zero-order valence-electron chi connectivity index (χ0n) is 44.9. The Kier molecular flexibility index (Phi) is 13.6. The molecule has 2 aliphatic heterocycles. The zero-order valence-corrected chi connectivity index (χ0v) is 44.9. The maximum atomic E-state index is 16.9. The highest BCUT2D eigenvalue weighted by Crippen LogP contribution is 2.59. The fourth-order valence-corrected chi connectivity index (χ4v) is 13.3. The fraction of sp³-hybridized carbons (Fsp3) is 0.300. The van der Waals surface area contributed by atoms with Gasteiger partial charge in [0.25, 0.3) is 5.91 Å². The third kappa shape index (κ3) is 9.40. The van der Waals surface area contributed by atoms with Gasteiger partial charge >= 0.3 is 0 Å². The summed E-state index contributed by atoms with van der Waals surface area (Å²) in [5, 5.41) is 3.80. The highest BCUT2D eigenvalue weighted by Gasteiger charge is 2.45. The summed E-state index contributed by atoms with van der Waals surface area (Å²) in [6.45, 7) is 8.70. The molecular weight excluding hydrogens is 955 g/mol. The monoisotopic (exact) mass is 1020 g/mol. The van der Waals surface area contributed by atoms with Crippen LogP contribution >= 0.6 is 0 Å². The highest BCUT2D eigenvalue weighted by molar-refractivity contribution is 6.09. The van der Waals surface area contributed by atoms with E-state index in [-0.39, 0.29) is 11.3 Å². The number of rotatable bonds is 13. The van der Waals surface area contributed by atoms with E-state index in [1.54, 1.807) is 7.11 Å². The molecule has 5 nitrogen and oxygen atoms in total. The lowest BCUT2D eigenvalue weighted by atomic mass is 9.76. The minimum absolute atomic E-state index is 0.180. The predicted octanol–water partition coefficient (Wildman–Crippen LogP) is 18.2. The third-order valence-electron chi connectivity index (χ3n) is 17.6. The summed E-state index contributed by atoms with van der Waals surface area (Å²) < 4.78 is 45.6. The third-order valence-corrected chi connectivity index (χ3v) is 17.6. The van der Waals surface area contributed by atoms with Crippen molar-refractivity contribution in [2.24, 2.45) is 5.92 Å². The Morgan fingerprint density at radius 3 is 2.03 bits per heavy atom. The molecule has 12 rings (SSSR count). The molecule has 0 spiro atoms. The van der Waals surface area contributed by atoms with E-state index in [1.807, 2.05) is 72.8 Å². The number of fused-ring (bicyclic) bond motifs is 8. The van der Waals surface area contributed by atoms with Gasteiger partial charge in [0.15, 0.2) is 5.60 Å². The molecule has 1 saturated heterocycles. The number of carbonyl (C=O) groups excluding carboxylic acids is 1. The first-order valence-corrected chi connectivity index (χ1v) is 28.2. The average Bonchev–Trinajstić information content (AvgIpc) is 4.00. The first-order valence-electron chi connectivity index (χ1n) is 28.2. The smallest absolute Gasteiger partial charge is 0.255 e. The van der Waals surface area contributed by atoms with Gasteiger partial charge in [-0.3, -0.25) is 4.79 Å². The fourth-order valence-electron chi connectivity index (χ4n) is 13.3. The van der Waals surface area contributed by atoms with E-state index in [0.29, 0.717) is 34.1 Å². The summed E-state index contributed by atoms with van der Waals surface area (Å²) in [6, 6.07) is 50.0. The van der Waals surface area contributed by atoms with Crippen LogP contribution in [-0.2, 0) is 11.0 Å². The molecule has 1 saturated carbocycles. The van der Waals surface area contributed by atoms with Crippen molar-refractivity contribution in [3.05, 3.63) is 208 Å². The van der Waals surface area contributed by atoms with E-state index >= 15 is 8.78 Å².